The molecule has 0 spiro atoms. The lowest BCUT2D eigenvalue weighted by Gasteiger charge is -2.34. The van der Waals surface area contributed by atoms with Crippen molar-refractivity contribution >= 4 is 29.0 Å². The van der Waals surface area contributed by atoms with E-state index in [9.17, 15) is 9.59 Å². The summed E-state index contributed by atoms with van der Waals surface area (Å²) in [4.78, 5) is 34.6. The molecular weight excluding hydrogens is 452 g/mol. The predicted octanol–water partition coefficient (Wildman–Crippen LogP) is 3.72. The largest absolute Gasteiger partial charge is 0.339 e. The van der Waals surface area contributed by atoms with Gasteiger partial charge >= 0.3 is 6.03 Å². The number of nitrogens with zero attached hydrogens (tertiary/aromatic N) is 4. The van der Waals surface area contributed by atoms with E-state index in [-0.39, 0.29) is 18.0 Å². The van der Waals surface area contributed by atoms with Crippen molar-refractivity contribution in [2.24, 2.45) is 0 Å². The first-order chi connectivity index (χ1) is 16.5. The number of aromatic nitrogens is 2. The molecule has 0 aliphatic carbocycles. The van der Waals surface area contributed by atoms with Crippen LogP contribution in [-0.4, -0.2) is 70.6 Å². The van der Waals surface area contributed by atoms with Gasteiger partial charge in [0.15, 0.2) is 0 Å². The zero-order chi connectivity index (χ0) is 23.9. The molecule has 180 valence electrons. The van der Waals surface area contributed by atoms with Crippen LogP contribution in [0, 0.1) is 0 Å². The fourth-order valence-electron chi connectivity index (χ4n) is 3.83. The summed E-state index contributed by atoms with van der Waals surface area (Å²) in [5.74, 6) is 1.30. The van der Waals surface area contributed by atoms with Gasteiger partial charge in [0.1, 0.15) is 0 Å². The molecule has 3 heterocycles. The van der Waals surface area contributed by atoms with E-state index in [0.717, 1.165) is 37.4 Å². The fraction of sp³-hybridized carbons (Fsp3) is 0.417. The molecular formula is C24H30N6O3S. The van der Waals surface area contributed by atoms with Gasteiger partial charge in [0.25, 0.3) is 5.91 Å². The Hall–Kier alpha value is -3.24. The summed E-state index contributed by atoms with van der Waals surface area (Å²) in [5.41, 5.74) is 1.18. The number of carbonyl (C=O) groups is 2. The van der Waals surface area contributed by atoms with Gasteiger partial charge in [0.05, 0.1) is 4.88 Å². The maximum Gasteiger partial charge on any atom is 0.319 e. The zero-order valence-corrected chi connectivity index (χ0v) is 20.3. The smallest absolute Gasteiger partial charge is 0.319 e. The summed E-state index contributed by atoms with van der Waals surface area (Å²) in [7, 11) is 0. The van der Waals surface area contributed by atoms with Crippen molar-refractivity contribution in [1.29, 1.82) is 0 Å². The van der Waals surface area contributed by atoms with E-state index < -0.39 is 0 Å². The van der Waals surface area contributed by atoms with Gasteiger partial charge < -0.3 is 20.1 Å². The summed E-state index contributed by atoms with van der Waals surface area (Å²) >= 11 is 1.60. The van der Waals surface area contributed by atoms with Crippen LogP contribution in [0.15, 0.2) is 46.3 Å². The third kappa shape index (κ3) is 6.42. The van der Waals surface area contributed by atoms with Crippen LogP contribution in [0.3, 0.4) is 0 Å². The van der Waals surface area contributed by atoms with Crippen molar-refractivity contribution in [2.45, 2.75) is 32.7 Å². The lowest BCUT2D eigenvalue weighted by Crippen LogP contribution is -2.48. The second kappa shape index (κ2) is 11.3. The van der Waals surface area contributed by atoms with Crippen molar-refractivity contribution in [3.05, 3.63) is 53.2 Å². The van der Waals surface area contributed by atoms with E-state index in [1.807, 2.05) is 36.3 Å². The molecule has 0 bridgehead atoms. The minimum absolute atomic E-state index is 0.0143. The Morgan fingerprint density at radius 2 is 1.97 bits per heavy atom. The maximum absolute atomic E-state index is 13.0. The second-order valence-electron chi connectivity index (χ2n) is 8.56. The molecule has 0 atom stereocenters. The number of aryl methyl sites for hydroxylation is 1. The van der Waals surface area contributed by atoms with Crippen LogP contribution in [0.1, 0.15) is 36.5 Å². The number of nitrogens with one attached hydrogen (secondary N) is 2. The van der Waals surface area contributed by atoms with Gasteiger partial charge in [-0.1, -0.05) is 17.3 Å². The minimum Gasteiger partial charge on any atom is -0.339 e. The van der Waals surface area contributed by atoms with E-state index in [1.54, 1.807) is 35.6 Å². The van der Waals surface area contributed by atoms with Crippen LogP contribution in [0.5, 0.6) is 0 Å². The first kappa shape index (κ1) is 23.9. The number of amides is 3. The number of urea groups is 1. The van der Waals surface area contributed by atoms with Gasteiger partial charge in [0.2, 0.25) is 11.7 Å². The highest BCUT2D eigenvalue weighted by Crippen LogP contribution is 2.21. The van der Waals surface area contributed by atoms with Crippen molar-refractivity contribution in [3.8, 4) is 10.7 Å². The number of rotatable bonds is 8. The third-order valence-corrected chi connectivity index (χ3v) is 6.39. The monoisotopic (exact) mass is 482 g/mol. The van der Waals surface area contributed by atoms with Crippen LogP contribution in [-0.2, 0) is 6.42 Å². The number of thiophene rings is 1. The Morgan fingerprint density at radius 3 is 2.71 bits per heavy atom. The zero-order valence-electron chi connectivity index (χ0n) is 19.5. The molecule has 9 nitrogen and oxygen atoms in total. The summed E-state index contributed by atoms with van der Waals surface area (Å²) in [6, 6.07) is 10.8. The predicted molar refractivity (Wildman–Crippen MR) is 132 cm³/mol. The van der Waals surface area contributed by atoms with Gasteiger partial charge in [-0.15, -0.1) is 11.3 Å². The lowest BCUT2D eigenvalue weighted by molar-refractivity contribution is 0.0635. The van der Waals surface area contributed by atoms with Crippen molar-refractivity contribution < 1.29 is 14.1 Å². The molecule has 34 heavy (non-hydrogen) atoms. The molecule has 0 saturated carbocycles. The van der Waals surface area contributed by atoms with Crippen LogP contribution in [0.4, 0.5) is 10.5 Å². The maximum atomic E-state index is 13.0. The van der Waals surface area contributed by atoms with E-state index in [0.29, 0.717) is 36.1 Å². The molecule has 3 amide bonds. The Balaban J connectivity index is 1.21. The average Bonchev–Trinajstić information content (AvgIpc) is 3.51. The van der Waals surface area contributed by atoms with E-state index >= 15 is 0 Å². The van der Waals surface area contributed by atoms with Crippen molar-refractivity contribution in [1.82, 2.24) is 25.3 Å². The average molecular weight is 483 g/mol. The summed E-state index contributed by atoms with van der Waals surface area (Å²) in [5, 5.41) is 11.6. The molecule has 0 radical (unpaired) electrons. The van der Waals surface area contributed by atoms with Gasteiger partial charge in [-0.05, 0) is 56.5 Å². The number of anilines is 1. The van der Waals surface area contributed by atoms with Gasteiger partial charge in [-0.3, -0.25) is 9.69 Å². The molecule has 1 aliphatic heterocycles. The third-order valence-electron chi connectivity index (χ3n) is 5.52. The molecule has 1 saturated heterocycles. The minimum atomic E-state index is -0.281. The highest BCUT2D eigenvalue weighted by molar-refractivity contribution is 7.13. The molecule has 10 heteroatoms. The van der Waals surface area contributed by atoms with Crippen LogP contribution >= 0.6 is 11.3 Å². The standard InChI is InChI=1S/C24H30N6O3S/c1-17(2)25-24(32)26-19-7-3-6-18(16-19)23(31)30-13-11-29(12-14-30)10-4-9-21-27-22(28-33-21)20-8-5-15-34-20/h3,5-8,15-17H,4,9-14H2,1-2H3,(H2,25,26,32). The molecule has 2 aromatic heterocycles. The van der Waals surface area contributed by atoms with Gasteiger partial charge in [-0.25, -0.2) is 4.79 Å². The Morgan fingerprint density at radius 1 is 1.15 bits per heavy atom. The van der Waals surface area contributed by atoms with E-state index in [2.05, 4.69) is 25.7 Å². The van der Waals surface area contributed by atoms with Crippen LogP contribution < -0.4 is 10.6 Å². The first-order valence-corrected chi connectivity index (χ1v) is 12.4. The second-order valence-corrected chi connectivity index (χ2v) is 9.51. The van der Waals surface area contributed by atoms with Gasteiger partial charge in [-0.2, -0.15) is 4.98 Å². The van der Waals surface area contributed by atoms with Crippen molar-refractivity contribution in [2.75, 3.05) is 38.0 Å². The Kier molecular flexibility index (Phi) is 7.91. The summed E-state index contributed by atoms with van der Waals surface area (Å²) < 4.78 is 5.37. The number of carbonyl (C=O) groups excluding carboxylic acids is 2. The highest BCUT2D eigenvalue weighted by Gasteiger charge is 2.22. The molecule has 1 aromatic carbocycles. The van der Waals surface area contributed by atoms with Crippen LogP contribution in [0.2, 0.25) is 0 Å². The molecule has 3 aromatic rings. The SMILES string of the molecule is CC(C)NC(=O)Nc1cccc(C(=O)N2CCN(CCCc3nc(-c4cccs4)no3)CC2)c1. The summed E-state index contributed by atoms with van der Waals surface area (Å²) in [6.45, 7) is 7.71. The number of hydrogen-bond donors (Lipinski definition) is 2. The van der Waals surface area contributed by atoms with Crippen molar-refractivity contribution in [3.63, 3.8) is 0 Å². The van der Waals surface area contributed by atoms with E-state index in [4.69, 9.17) is 4.52 Å². The topological polar surface area (TPSA) is 104 Å². The normalized spacial score (nSPS) is 14.4. The quantitative estimate of drug-likeness (QED) is 0.507. The highest BCUT2D eigenvalue weighted by atomic mass is 32.1. The fourth-order valence-corrected chi connectivity index (χ4v) is 4.48. The number of benzene rings is 1. The molecule has 2 N–H and O–H groups in total. The lowest BCUT2D eigenvalue weighted by atomic mass is 10.1. The molecule has 1 aliphatic rings. The Labute approximate surface area is 203 Å². The molecule has 4 rings (SSSR count). The number of piperazine rings is 1. The molecule has 1 fully saturated rings. The van der Waals surface area contributed by atoms with Gasteiger partial charge in [0, 0.05) is 49.9 Å². The Bertz CT molecular complexity index is 1090. The number of hydrogen-bond acceptors (Lipinski definition) is 7. The van der Waals surface area contributed by atoms with Crippen LogP contribution in [0.25, 0.3) is 10.7 Å². The van der Waals surface area contributed by atoms with E-state index in [1.165, 1.54) is 0 Å². The first-order valence-electron chi connectivity index (χ1n) is 11.5. The summed E-state index contributed by atoms with van der Waals surface area (Å²) in [6.07, 6.45) is 1.66. The molecule has 0 unspecified atom stereocenters.